The first-order chi connectivity index (χ1) is 16.7. The van der Waals surface area contributed by atoms with Crippen LogP contribution in [0.4, 0.5) is 11.5 Å². The molecule has 2 aliphatic heterocycles. The lowest BCUT2D eigenvalue weighted by atomic mass is 10.2. The predicted molar refractivity (Wildman–Crippen MR) is 127 cm³/mol. The number of hydrogen-bond donors (Lipinski definition) is 0. The fourth-order valence-electron chi connectivity index (χ4n) is 4.60. The fraction of sp³-hybridized carbons (Fsp3) is 0.280. The molecule has 1 aromatic carbocycles. The van der Waals surface area contributed by atoms with Gasteiger partial charge in [0.1, 0.15) is 6.61 Å². The molecule has 0 aliphatic carbocycles. The highest BCUT2D eigenvalue weighted by Crippen LogP contribution is 2.35. The lowest BCUT2D eigenvalue weighted by Crippen LogP contribution is -2.31. The van der Waals surface area contributed by atoms with E-state index in [-0.39, 0.29) is 11.6 Å². The van der Waals surface area contributed by atoms with Crippen LogP contribution in [-0.2, 0) is 6.54 Å². The van der Waals surface area contributed by atoms with Crippen LogP contribution in [0, 0.1) is 0 Å². The fourth-order valence-corrected chi connectivity index (χ4v) is 4.60. The number of aromatic nitrogens is 4. The molecule has 0 radical (unpaired) electrons. The number of hydrogen-bond acceptors (Lipinski definition) is 6. The second kappa shape index (κ2) is 8.33. The van der Waals surface area contributed by atoms with Crippen molar-refractivity contribution in [2.75, 3.05) is 31.1 Å². The van der Waals surface area contributed by atoms with E-state index in [0.29, 0.717) is 42.5 Å². The van der Waals surface area contributed by atoms with Gasteiger partial charge < -0.3 is 14.5 Å². The third kappa shape index (κ3) is 3.59. The second-order valence-electron chi connectivity index (χ2n) is 8.58. The van der Waals surface area contributed by atoms with Crippen LogP contribution in [-0.4, -0.2) is 56.2 Å². The summed E-state index contributed by atoms with van der Waals surface area (Å²) in [5.41, 5.74) is 2.80. The number of pyridine rings is 2. The molecule has 0 N–H and O–H groups in total. The van der Waals surface area contributed by atoms with E-state index in [2.05, 4.69) is 10.1 Å². The number of likely N-dealkylation sites (tertiary alicyclic amines) is 1. The summed E-state index contributed by atoms with van der Waals surface area (Å²) in [5.74, 6) is 1.24. The van der Waals surface area contributed by atoms with Crippen LogP contribution in [0.2, 0.25) is 0 Å². The molecule has 0 saturated carbocycles. The summed E-state index contributed by atoms with van der Waals surface area (Å²) in [7, 11) is 0. The molecule has 3 aromatic heterocycles. The number of carbonyl (C=O) groups is 1. The Morgan fingerprint density at radius 2 is 1.85 bits per heavy atom. The second-order valence-corrected chi connectivity index (χ2v) is 8.58. The van der Waals surface area contributed by atoms with Gasteiger partial charge in [-0.3, -0.25) is 9.20 Å². The lowest BCUT2D eigenvalue weighted by molar-refractivity contribution is 0.0792. The zero-order chi connectivity index (χ0) is 23.1. The number of amides is 1. The van der Waals surface area contributed by atoms with Gasteiger partial charge in [0.15, 0.2) is 17.2 Å². The van der Waals surface area contributed by atoms with Gasteiger partial charge in [-0.15, -0.1) is 5.10 Å². The SMILES string of the molecule is O=C(c1cnc2c(c1)OCCN2c1ccn2c(=O)n(Cc3ccccc3)nc2c1)N1CCCC1. The Labute approximate surface area is 195 Å². The highest BCUT2D eigenvalue weighted by molar-refractivity contribution is 5.95. The van der Waals surface area contributed by atoms with Crippen LogP contribution in [0.5, 0.6) is 5.75 Å². The van der Waals surface area contributed by atoms with Crippen molar-refractivity contribution in [1.29, 1.82) is 0 Å². The summed E-state index contributed by atoms with van der Waals surface area (Å²) < 4.78 is 8.87. The maximum absolute atomic E-state index is 12.8. The maximum Gasteiger partial charge on any atom is 0.350 e. The number of fused-ring (bicyclic) bond motifs is 2. The van der Waals surface area contributed by atoms with Gasteiger partial charge in [-0.2, -0.15) is 0 Å². The van der Waals surface area contributed by atoms with E-state index >= 15 is 0 Å². The average Bonchev–Trinajstić information content (AvgIpc) is 3.52. The highest BCUT2D eigenvalue weighted by Gasteiger charge is 2.26. The third-order valence-corrected chi connectivity index (χ3v) is 6.36. The number of rotatable bonds is 4. The van der Waals surface area contributed by atoms with E-state index in [0.717, 1.165) is 37.2 Å². The van der Waals surface area contributed by atoms with Crippen LogP contribution in [0.1, 0.15) is 28.8 Å². The summed E-state index contributed by atoms with van der Waals surface area (Å²) >= 11 is 0. The molecule has 0 atom stereocenters. The Morgan fingerprint density at radius 1 is 1.03 bits per heavy atom. The van der Waals surface area contributed by atoms with Gasteiger partial charge in [-0.25, -0.2) is 14.5 Å². The van der Waals surface area contributed by atoms with Crippen molar-refractivity contribution >= 4 is 23.1 Å². The smallest absolute Gasteiger partial charge is 0.350 e. The van der Waals surface area contributed by atoms with E-state index < -0.39 is 0 Å². The molecule has 6 rings (SSSR count). The van der Waals surface area contributed by atoms with Crippen LogP contribution in [0.25, 0.3) is 5.65 Å². The Morgan fingerprint density at radius 3 is 2.68 bits per heavy atom. The zero-order valence-electron chi connectivity index (χ0n) is 18.6. The molecule has 5 heterocycles. The maximum atomic E-state index is 12.8. The number of ether oxygens (including phenoxy) is 1. The van der Waals surface area contributed by atoms with E-state index in [4.69, 9.17) is 4.74 Å². The first-order valence-electron chi connectivity index (χ1n) is 11.5. The Balaban J connectivity index is 1.31. The Hall–Kier alpha value is -4.14. The van der Waals surface area contributed by atoms with Crippen LogP contribution in [0.15, 0.2) is 65.7 Å². The number of benzene rings is 1. The summed E-state index contributed by atoms with van der Waals surface area (Å²) in [6.07, 6.45) is 5.45. The Bertz CT molecular complexity index is 1420. The van der Waals surface area contributed by atoms with E-state index in [1.54, 1.807) is 22.9 Å². The standard InChI is InChI=1S/C25H24N6O3/c32-24(28-9-4-5-10-28)19-14-21-23(26-16-19)29(12-13-34-21)20-8-11-30-22(15-20)27-31(25(30)33)17-18-6-2-1-3-7-18/h1-3,6-8,11,14-16H,4-5,9-10,12-13,17H2. The third-order valence-electron chi connectivity index (χ3n) is 6.36. The number of anilines is 2. The molecule has 1 fully saturated rings. The topological polar surface area (TPSA) is 85.0 Å². The summed E-state index contributed by atoms with van der Waals surface area (Å²) in [5, 5.41) is 4.54. The number of carbonyl (C=O) groups excluding carboxylic acids is 1. The highest BCUT2D eigenvalue weighted by atomic mass is 16.5. The molecule has 0 unspecified atom stereocenters. The van der Waals surface area contributed by atoms with Gasteiger partial charge in [0, 0.05) is 37.2 Å². The summed E-state index contributed by atoms with van der Waals surface area (Å²) in [6.45, 7) is 3.06. The lowest BCUT2D eigenvalue weighted by Gasteiger charge is -2.30. The van der Waals surface area contributed by atoms with Gasteiger partial charge in [0.2, 0.25) is 0 Å². The quantitative estimate of drug-likeness (QED) is 0.470. The first kappa shape index (κ1) is 20.5. The molecule has 1 amide bonds. The van der Waals surface area contributed by atoms with Crippen molar-refractivity contribution in [2.45, 2.75) is 19.4 Å². The summed E-state index contributed by atoms with van der Waals surface area (Å²) in [4.78, 5) is 34.1. The van der Waals surface area contributed by atoms with Gasteiger partial charge >= 0.3 is 5.69 Å². The molecule has 9 heteroatoms. The van der Waals surface area contributed by atoms with Gasteiger partial charge in [0.25, 0.3) is 5.91 Å². The molecule has 4 aromatic rings. The summed E-state index contributed by atoms with van der Waals surface area (Å²) in [6, 6.07) is 15.3. The molecular formula is C25H24N6O3. The molecule has 34 heavy (non-hydrogen) atoms. The minimum Gasteiger partial charge on any atom is -0.488 e. The monoisotopic (exact) mass is 456 g/mol. The molecule has 0 bridgehead atoms. The van der Waals surface area contributed by atoms with Crippen molar-refractivity contribution in [1.82, 2.24) is 24.1 Å². The molecule has 9 nitrogen and oxygen atoms in total. The van der Waals surface area contributed by atoms with Gasteiger partial charge in [0.05, 0.1) is 18.7 Å². The van der Waals surface area contributed by atoms with Crippen molar-refractivity contribution in [3.63, 3.8) is 0 Å². The molecule has 1 saturated heterocycles. The largest absolute Gasteiger partial charge is 0.488 e. The van der Waals surface area contributed by atoms with E-state index in [9.17, 15) is 9.59 Å². The van der Waals surface area contributed by atoms with Crippen molar-refractivity contribution < 1.29 is 9.53 Å². The molecule has 0 spiro atoms. The van der Waals surface area contributed by atoms with Gasteiger partial charge in [-0.1, -0.05) is 30.3 Å². The average molecular weight is 457 g/mol. The predicted octanol–water partition coefficient (Wildman–Crippen LogP) is 2.71. The minimum absolute atomic E-state index is 0.00160. The van der Waals surface area contributed by atoms with Crippen LogP contribution >= 0.6 is 0 Å². The molecule has 2 aliphatic rings. The van der Waals surface area contributed by atoms with Crippen molar-refractivity contribution in [3.8, 4) is 5.75 Å². The van der Waals surface area contributed by atoms with E-state index in [1.807, 2.05) is 52.3 Å². The molecule has 172 valence electrons. The van der Waals surface area contributed by atoms with Crippen molar-refractivity contribution in [2.24, 2.45) is 0 Å². The molecular weight excluding hydrogens is 432 g/mol. The zero-order valence-corrected chi connectivity index (χ0v) is 18.6. The first-order valence-corrected chi connectivity index (χ1v) is 11.5. The van der Waals surface area contributed by atoms with E-state index in [1.165, 1.54) is 4.68 Å². The Kier molecular flexibility index (Phi) is 5.01. The number of nitrogens with zero attached hydrogens (tertiary/aromatic N) is 6. The van der Waals surface area contributed by atoms with Crippen LogP contribution < -0.4 is 15.3 Å². The normalized spacial score (nSPS) is 15.4. The minimum atomic E-state index is -0.184. The van der Waals surface area contributed by atoms with Crippen molar-refractivity contribution in [3.05, 3.63) is 82.5 Å². The van der Waals surface area contributed by atoms with Gasteiger partial charge in [-0.05, 0) is 30.5 Å². The van der Waals surface area contributed by atoms with Crippen LogP contribution in [0.3, 0.4) is 0 Å².